The molecule has 106 valence electrons. The molecule has 20 heavy (non-hydrogen) atoms. The second-order valence-electron chi connectivity index (χ2n) is 5.37. The van der Waals surface area contributed by atoms with Crippen molar-refractivity contribution in [2.24, 2.45) is 5.92 Å². The van der Waals surface area contributed by atoms with E-state index in [1.54, 1.807) is 0 Å². The smallest absolute Gasteiger partial charge is 0.0593 e. The predicted molar refractivity (Wildman–Crippen MR) is 91.5 cm³/mol. The zero-order chi connectivity index (χ0) is 14.5. The first-order valence-corrected chi connectivity index (χ1v) is 7.99. The van der Waals surface area contributed by atoms with Gasteiger partial charge < -0.3 is 5.32 Å². The largest absolute Gasteiger partial charge is 0.380 e. The van der Waals surface area contributed by atoms with Gasteiger partial charge in [-0.3, -0.25) is 0 Å². The van der Waals surface area contributed by atoms with E-state index in [1.165, 1.54) is 11.1 Å². The molecule has 2 aromatic rings. The van der Waals surface area contributed by atoms with E-state index in [4.69, 9.17) is 11.6 Å². The number of halogens is 2. The number of anilines is 1. The van der Waals surface area contributed by atoms with Gasteiger partial charge in [-0.05, 0) is 51.5 Å². The normalized spacial score (nSPS) is 10.8. The zero-order valence-corrected chi connectivity index (χ0v) is 14.1. The Balaban J connectivity index is 1.99. The highest BCUT2D eigenvalue weighted by Crippen LogP contribution is 2.30. The van der Waals surface area contributed by atoms with Crippen molar-refractivity contribution in [1.82, 2.24) is 0 Å². The van der Waals surface area contributed by atoms with E-state index in [1.807, 2.05) is 18.2 Å². The second-order valence-corrected chi connectivity index (χ2v) is 6.57. The third kappa shape index (κ3) is 4.26. The zero-order valence-electron chi connectivity index (χ0n) is 11.8. The first kappa shape index (κ1) is 15.4. The third-order valence-electron chi connectivity index (χ3n) is 3.10. The molecule has 0 spiro atoms. The SMILES string of the molecule is CC(C)Cc1ccc(CNc2cccc(Cl)c2Br)cc1. The van der Waals surface area contributed by atoms with Gasteiger partial charge in [0.25, 0.3) is 0 Å². The van der Waals surface area contributed by atoms with Crippen molar-refractivity contribution in [2.75, 3.05) is 5.32 Å². The van der Waals surface area contributed by atoms with Crippen molar-refractivity contribution in [3.63, 3.8) is 0 Å². The molecule has 0 atom stereocenters. The molecule has 1 N–H and O–H groups in total. The van der Waals surface area contributed by atoms with Crippen molar-refractivity contribution < 1.29 is 0 Å². The summed E-state index contributed by atoms with van der Waals surface area (Å²) < 4.78 is 0.915. The van der Waals surface area contributed by atoms with Crippen LogP contribution in [-0.4, -0.2) is 0 Å². The third-order valence-corrected chi connectivity index (χ3v) is 4.50. The van der Waals surface area contributed by atoms with Gasteiger partial charge in [0.1, 0.15) is 0 Å². The lowest BCUT2D eigenvalue weighted by Crippen LogP contribution is -2.01. The molecule has 0 amide bonds. The average Bonchev–Trinajstić information content (AvgIpc) is 2.41. The van der Waals surface area contributed by atoms with Gasteiger partial charge in [0.2, 0.25) is 0 Å². The van der Waals surface area contributed by atoms with Crippen LogP contribution in [0.3, 0.4) is 0 Å². The van der Waals surface area contributed by atoms with Gasteiger partial charge in [-0.1, -0.05) is 55.8 Å². The van der Waals surface area contributed by atoms with Crippen LogP contribution in [0.1, 0.15) is 25.0 Å². The molecule has 0 aromatic heterocycles. The van der Waals surface area contributed by atoms with Crippen LogP contribution in [0.4, 0.5) is 5.69 Å². The highest BCUT2D eigenvalue weighted by molar-refractivity contribution is 9.10. The Kier molecular flexibility index (Phi) is 5.50. The first-order chi connectivity index (χ1) is 9.56. The summed E-state index contributed by atoms with van der Waals surface area (Å²) in [7, 11) is 0. The molecule has 3 heteroatoms. The molecule has 0 fully saturated rings. The molecule has 0 saturated carbocycles. The van der Waals surface area contributed by atoms with E-state index in [0.717, 1.165) is 28.1 Å². The topological polar surface area (TPSA) is 12.0 Å². The molecule has 0 aliphatic heterocycles. The minimum atomic E-state index is 0.696. The summed E-state index contributed by atoms with van der Waals surface area (Å²) in [5, 5.41) is 4.12. The standard InChI is InChI=1S/C17H19BrClN/c1-12(2)10-13-6-8-14(9-7-13)11-20-16-5-3-4-15(19)17(16)18/h3-9,12,20H,10-11H2,1-2H3. The maximum absolute atomic E-state index is 6.08. The van der Waals surface area contributed by atoms with Crippen molar-refractivity contribution >= 4 is 33.2 Å². The summed E-state index contributed by atoms with van der Waals surface area (Å²) in [6.07, 6.45) is 1.13. The molecule has 0 bridgehead atoms. The highest BCUT2D eigenvalue weighted by Gasteiger charge is 2.03. The fraction of sp³-hybridized carbons (Fsp3) is 0.294. The Morgan fingerprint density at radius 3 is 2.35 bits per heavy atom. The molecule has 2 rings (SSSR count). The van der Waals surface area contributed by atoms with E-state index >= 15 is 0 Å². The maximum atomic E-state index is 6.08. The molecule has 0 unspecified atom stereocenters. The van der Waals surface area contributed by atoms with E-state index in [2.05, 4.69) is 59.4 Å². The molecule has 0 aliphatic rings. The maximum Gasteiger partial charge on any atom is 0.0593 e. The molecule has 0 saturated heterocycles. The van der Waals surface area contributed by atoms with Crippen LogP contribution in [0.5, 0.6) is 0 Å². The lowest BCUT2D eigenvalue weighted by Gasteiger charge is -2.10. The van der Waals surface area contributed by atoms with Crippen LogP contribution in [0.25, 0.3) is 0 Å². The highest BCUT2D eigenvalue weighted by atomic mass is 79.9. The van der Waals surface area contributed by atoms with Crippen LogP contribution < -0.4 is 5.32 Å². The Labute approximate surface area is 134 Å². The van der Waals surface area contributed by atoms with Crippen LogP contribution in [-0.2, 0) is 13.0 Å². The number of hydrogen-bond acceptors (Lipinski definition) is 1. The van der Waals surface area contributed by atoms with Gasteiger partial charge in [-0.25, -0.2) is 0 Å². The summed E-state index contributed by atoms with van der Waals surface area (Å²) in [6, 6.07) is 14.6. The van der Waals surface area contributed by atoms with Crippen LogP contribution in [0.15, 0.2) is 46.9 Å². The molecule has 1 nitrogen and oxygen atoms in total. The predicted octanol–water partition coefficient (Wildman–Crippen LogP) is 5.91. The fourth-order valence-corrected chi connectivity index (χ4v) is 2.68. The van der Waals surface area contributed by atoms with Crippen molar-refractivity contribution in [3.8, 4) is 0 Å². The molecule has 2 aromatic carbocycles. The first-order valence-electron chi connectivity index (χ1n) is 6.82. The fourth-order valence-electron chi connectivity index (χ4n) is 2.10. The van der Waals surface area contributed by atoms with Gasteiger partial charge in [0.05, 0.1) is 15.2 Å². The molecular weight excluding hydrogens is 334 g/mol. The second kappa shape index (κ2) is 7.14. The summed E-state index contributed by atoms with van der Waals surface area (Å²) in [4.78, 5) is 0. The van der Waals surface area contributed by atoms with Gasteiger partial charge in [-0.2, -0.15) is 0 Å². The summed E-state index contributed by atoms with van der Waals surface area (Å²) >= 11 is 9.58. The van der Waals surface area contributed by atoms with Gasteiger partial charge in [0.15, 0.2) is 0 Å². The Morgan fingerprint density at radius 2 is 1.70 bits per heavy atom. The van der Waals surface area contributed by atoms with E-state index < -0.39 is 0 Å². The Hall–Kier alpha value is -0.990. The lowest BCUT2D eigenvalue weighted by atomic mass is 10.0. The molecule has 0 heterocycles. The molecule has 0 aliphatic carbocycles. The Bertz CT molecular complexity index is 564. The van der Waals surface area contributed by atoms with Crippen molar-refractivity contribution in [1.29, 1.82) is 0 Å². The van der Waals surface area contributed by atoms with Gasteiger partial charge in [0, 0.05) is 6.54 Å². The van der Waals surface area contributed by atoms with Gasteiger partial charge >= 0.3 is 0 Å². The van der Waals surface area contributed by atoms with E-state index in [9.17, 15) is 0 Å². The van der Waals surface area contributed by atoms with Crippen molar-refractivity contribution in [2.45, 2.75) is 26.8 Å². The summed E-state index contributed by atoms with van der Waals surface area (Å²) in [5.74, 6) is 0.696. The number of rotatable bonds is 5. The Morgan fingerprint density at radius 1 is 1.05 bits per heavy atom. The van der Waals surface area contributed by atoms with Crippen LogP contribution in [0, 0.1) is 5.92 Å². The summed E-state index contributed by atoms with van der Waals surface area (Å²) in [6.45, 7) is 5.28. The lowest BCUT2D eigenvalue weighted by molar-refractivity contribution is 0.647. The minimum absolute atomic E-state index is 0.696. The van der Waals surface area contributed by atoms with Gasteiger partial charge in [-0.15, -0.1) is 0 Å². The quantitative estimate of drug-likeness (QED) is 0.705. The number of hydrogen-bond donors (Lipinski definition) is 1. The van der Waals surface area contributed by atoms with Crippen molar-refractivity contribution in [3.05, 3.63) is 63.1 Å². The average molecular weight is 353 g/mol. The monoisotopic (exact) mass is 351 g/mol. The molecule has 0 radical (unpaired) electrons. The minimum Gasteiger partial charge on any atom is -0.380 e. The van der Waals surface area contributed by atoms with Crippen LogP contribution >= 0.6 is 27.5 Å². The summed E-state index contributed by atoms with van der Waals surface area (Å²) in [5.41, 5.74) is 3.68. The van der Waals surface area contributed by atoms with E-state index in [-0.39, 0.29) is 0 Å². The number of benzene rings is 2. The molecular formula is C17H19BrClN. The number of nitrogens with one attached hydrogen (secondary N) is 1. The van der Waals surface area contributed by atoms with E-state index in [0.29, 0.717) is 5.92 Å². The van der Waals surface area contributed by atoms with Crippen LogP contribution in [0.2, 0.25) is 5.02 Å².